The van der Waals surface area contributed by atoms with E-state index in [4.69, 9.17) is 0 Å². The molecule has 1 nitrogen and oxygen atoms in total. The molecule has 1 fully saturated rings. The lowest BCUT2D eigenvalue weighted by Crippen LogP contribution is -2.42. The van der Waals surface area contributed by atoms with Crippen molar-refractivity contribution in [1.82, 2.24) is 5.32 Å². The summed E-state index contributed by atoms with van der Waals surface area (Å²) >= 11 is 0. The molecule has 3 rings (SSSR count). The van der Waals surface area contributed by atoms with Crippen molar-refractivity contribution < 1.29 is 0 Å². The second-order valence-electron chi connectivity index (χ2n) is 6.64. The average Bonchev–Trinajstić information content (AvgIpc) is 3.44. The first kappa shape index (κ1) is 16.0. The zero-order chi connectivity index (χ0) is 16.0. The zero-order valence-electron chi connectivity index (χ0n) is 14.0. The molecule has 0 amide bonds. The quantitative estimate of drug-likeness (QED) is 0.689. The minimum Gasteiger partial charge on any atom is -0.307 e. The molecule has 0 aromatic heterocycles. The van der Waals surface area contributed by atoms with Crippen LogP contribution < -0.4 is 5.32 Å². The van der Waals surface area contributed by atoms with Gasteiger partial charge in [0.1, 0.15) is 0 Å². The van der Waals surface area contributed by atoms with Crippen molar-refractivity contribution >= 4 is 6.08 Å². The summed E-state index contributed by atoms with van der Waals surface area (Å²) < 4.78 is 0. The van der Waals surface area contributed by atoms with Crippen LogP contribution in [0.2, 0.25) is 0 Å². The third kappa shape index (κ3) is 4.33. The Morgan fingerprint density at radius 2 is 1.65 bits per heavy atom. The number of nitrogens with one attached hydrogen (secondary N) is 1. The highest BCUT2D eigenvalue weighted by molar-refractivity contribution is 5.49. The molecule has 23 heavy (non-hydrogen) atoms. The maximum atomic E-state index is 3.90. The van der Waals surface area contributed by atoms with Gasteiger partial charge >= 0.3 is 0 Å². The summed E-state index contributed by atoms with van der Waals surface area (Å²) in [4.78, 5) is 0. The van der Waals surface area contributed by atoms with Crippen LogP contribution >= 0.6 is 0 Å². The van der Waals surface area contributed by atoms with E-state index in [0.29, 0.717) is 0 Å². The number of benzene rings is 2. The third-order valence-corrected chi connectivity index (χ3v) is 4.93. The van der Waals surface area contributed by atoms with Crippen molar-refractivity contribution in [3.8, 4) is 0 Å². The van der Waals surface area contributed by atoms with Gasteiger partial charge in [0.25, 0.3) is 0 Å². The van der Waals surface area contributed by atoms with Gasteiger partial charge in [0.15, 0.2) is 0 Å². The highest BCUT2D eigenvalue weighted by atomic mass is 15.0. The third-order valence-electron chi connectivity index (χ3n) is 4.93. The van der Waals surface area contributed by atoms with E-state index in [1.807, 2.05) is 0 Å². The minimum atomic E-state index is 0.0507. The molecule has 1 atom stereocenters. The highest BCUT2D eigenvalue weighted by Crippen LogP contribution is 2.33. The average molecular weight is 305 g/mol. The van der Waals surface area contributed by atoms with E-state index in [1.165, 1.54) is 24.0 Å². The molecule has 2 aromatic carbocycles. The smallest absolute Gasteiger partial charge is 0.0467 e. The topological polar surface area (TPSA) is 12.0 Å². The van der Waals surface area contributed by atoms with E-state index in [2.05, 4.69) is 85.1 Å². The second kappa shape index (κ2) is 7.61. The van der Waals surface area contributed by atoms with E-state index in [9.17, 15) is 0 Å². The molecular formula is C22H27N. The van der Waals surface area contributed by atoms with Gasteiger partial charge in [0.05, 0.1) is 0 Å². The van der Waals surface area contributed by atoms with Crippen LogP contribution in [0.3, 0.4) is 0 Å². The van der Waals surface area contributed by atoms with E-state index in [-0.39, 0.29) is 5.54 Å². The van der Waals surface area contributed by atoms with Crippen LogP contribution in [0.1, 0.15) is 43.7 Å². The van der Waals surface area contributed by atoms with E-state index in [0.717, 1.165) is 25.3 Å². The summed E-state index contributed by atoms with van der Waals surface area (Å²) in [5, 5.41) is 3.90. The lowest BCUT2D eigenvalue weighted by Gasteiger charge is -2.34. The predicted octanol–water partition coefficient (Wildman–Crippen LogP) is 5.40. The molecule has 0 radical (unpaired) electrons. The van der Waals surface area contributed by atoms with Gasteiger partial charge in [-0.2, -0.15) is 0 Å². The Morgan fingerprint density at radius 1 is 1.00 bits per heavy atom. The Kier molecular flexibility index (Phi) is 5.30. The molecule has 0 aliphatic heterocycles. The summed E-state index contributed by atoms with van der Waals surface area (Å²) in [5.74, 6) is 0.891. The van der Waals surface area contributed by atoms with Crippen LogP contribution in [0.5, 0.6) is 0 Å². The summed E-state index contributed by atoms with van der Waals surface area (Å²) in [6.45, 7) is 3.44. The zero-order valence-corrected chi connectivity index (χ0v) is 14.0. The molecule has 1 N–H and O–H groups in total. The van der Waals surface area contributed by atoms with Crippen LogP contribution in [-0.4, -0.2) is 6.54 Å². The van der Waals surface area contributed by atoms with Crippen molar-refractivity contribution in [2.75, 3.05) is 6.54 Å². The molecule has 2 aromatic rings. The van der Waals surface area contributed by atoms with Crippen LogP contribution in [0.4, 0.5) is 0 Å². The van der Waals surface area contributed by atoms with Crippen LogP contribution in [0.15, 0.2) is 66.7 Å². The fraction of sp³-hybridized carbons (Fsp3) is 0.364. The van der Waals surface area contributed by atoms with Crippen LogP contribution in [0, 0.1) is 5.92 Å². The molecule has 1 heteroatoms. The lowest BCUT2D eigenvalue weighted by molar-refractivity contribution is 0.318. The molecule has 0 saturated heterocycles. The number of hydrogen-bond acceptors (Lipinski definition) is 1. The van der Waals surface area contributed by atoms with Crippen molar-refractivity contribution in [3.63, 3.8) is 0 Å². The summed E-state index contributed by atoms with van der Waals surface area (Å²) in [7, 11) is 0. The number of hydrogen-bond donors (Lipinski definition) is 1. The van der Waals surface area contributed by atoms with E-state index in [1.54, 1.807) is 0 Å². The Morgan fingerprint density at radius 3 is 2.26 bits per heavy atom. The fourth-order valence-electron chi connectivity index (χ4n) is 3.14. The summed E-state index contributed by atoms with van der Waals surface area (Å²) in [5.41, 5.74) is 2.73. The van der Waals surface area contributed by atoms with Gasteiger partial charge in [-0.05, 0) is 49.3 Å². The van der Waals surface area contributed by atoms with Gasteiger partial charge in [0, 0.05) is 5.54 Å². The van der Waals surface area contributed by atoms with E-state index >= 15 is 0 Å². The van der Waals surface area contributed by atoms with Crippen molar-refractivity contribution in [2.24, 2.45) is 5.92 Å². The lowest BCUT2D eigenvalue weighted by atomic mass is 9.83. The van der Waals surface area contributed by atoms with Crippen molar-refractivity contribution in [3.05, 3.63) is 77.9 Å². The molecular weight excluding hydrogens is 278 g/mol. The van der Waals surface area contributed by atoms with Crippen LogP contribution in [0.25, 0.3) is 6.08 Å². The normalized spacial score (nSPS) is 17.3. The van der Waals surface area contributed by atoms with Gasteiger partial charge in [-0.3, -0.25) is 0 Å². The Labute approximate surface area is 140 Å². The standard InChI is InChI=1S/C22H27N/c1-2-22(23-18-20-15-16-20,21-13-7-4-8-14-21)17-9-12-19-10-5-3-6-11-19/h3-14,20,23H,2,15-18H2,1H3/b12-9+. The fourth-order valence-corrected chi connectivity index (χ4v) is 3.14. The molecule has 0 bridgehead atoms. The molecule has 1 unspecified atom stereocenters. The highest BCUT2D eigenvalue weighted by Gasteiger charge is 2.31. The van der Waals surface area contributed by atoms with Gasteiger partial charge in [0.2, 0.25) is 0 Å². The summed E-state index contributed by atoms with van der Waals surface area (Å²) in [6.07, 6.45) is 9.47. The van der Waals surface area contributed by atoms with Crippen molar-refractivity contribution in [2.45, 2.75) is 38.1 Å². The van der Waals surface area contributed by atoms with Gasteiger partial charge in [-0.1, -0.05) is 79.7 Å². The van der Waals surface area contributed by atoms with Crippen molar-refractivity contribution in [1.29, 1.82) is 0 Å². The maximum absolute atomic E-state index is 3.90. The first-order chi connectivity index (χ1) is 11.3. The Hall–Kier alpha value is -1.86. The van der Waals surface area contributed by atoms with Gasteiger partial charge in [-0.25, -0.2) is 0 Å². The molecule has 0 spiro atoms. The minimum absolute atomic E-state index is 0.0507. The van der Waals surface area contributed by atoms with Gasteiger partial charge in [-0.15, -0.1) is 0 Å². The largest absolute Gasteiger partial charge is 0.307 e. The molecule has 1 saturated carbocycles. The van der Waals surface area contributed by atoms with E-state index < -0.39 is 0 Å². The SMILES string of the molecule is CCC(C/C=C/c1ccccc1)(NCC1CC1)c1ccccc1. The molecule has 1 aliphatic rings. The second-order valence-corrected chi connectivity index (χ2v) is 6.64. The molecule has 1 aliphatic carbocycles. The first-order valence-electron chi connectivity index (χ1n) is 8.84. The molecule has 120 valence electrons. The first-order valence-corrected chi connectivity index (χ1v) is 8.84. The Bertz CT molecular complexity index is 613. The number of rotatable bonds is 8. The maximum Gasteiger partial charge on any atom is 0.0467 e. The predicted molar refractivity (Wildman–Crippen MR) is 99.2 cm³/mol. The monoisotopic (exact) mass is 305 g/mol. The van der Waals surface area contributed by atoms with Crippen LogP contribution in [-0.2, 0) is 5.54 Å². The molecule has 0 heterocycles. The summed E-state index contributed by atoms with van der Waals surface area (Å²) in [6, 6.07) is 21.5. The van der Waals surface area contributed by atoms with Gasteiger partial charge < -0.3 is 5.32 Å². The Balaban J connectivity index is 1.77.